The average molecular weight is 452 g/mol. The second kappa shape index (κ2) is 9.52. The van der Waals surface area contributed by atoms with Gasteiger partial charge >= 0.3 is 0 Å². The van der Waals surface area contributed by atoms with Crippen molar-refractivity contribution in [1.82, 2.24) is 9.21 Å². The quantitative estimate of drug-likeness (QED) is 0.639. The Bertz CT molecular complexity index is 1040. The van der Waals surface area contributed by atoms with Gasteiger partial charge in [-0.25, -0.2) is 12.8 Å². The fraction of sp³-hybridized carbons (Fsp3) is 0.381. The van der Waals surface area contributed by atoms with E-state index in [-0.39, 0.29) is 43.5 Å². The first-order chi connectivity index (χ1) is 14.8. The van der Waals surface area contributed by atoms with E-state index in [0.717, 1.165) is 11.8 Å². The fourth-order valence-corrected chi connectivity index (χ4v) is 4.91. The summed E-state index contributed by atoms with van der Waals surface area (Å²) < 4.78 is 51.1. The second-order valence-corrected chi connectivity index (χ2v) is 9.02. The van der Waals surface area contributed by atoms with Gasteiger partial charge in [0.1, 0.15) is 10.7 Å². The van der Waals surface area contributed by atoms with Crippen molar-refractivity contribution in [3.63, 3.8) is 0 Å². The van der Waals surface area contributed by atoms with Crippen LogP contribution in [0.3, 0.4) is 0 Å². The van der Waals surface area contributed by atoms with E-state index in [4.69, 9.17) is 9.47 Å². The van der Waals surface area contributed by atoms with Crippen molar-refractivity contribution in [3.8, 4) is 11.5 Å². The molecule has 0 spiro atoms. The Balaban J connectivity index is 1.61. The third-order valence-electron chi connectivity index (χ3n) is 5.23. The van der Waals surface area contributed by atoms with Crippen LogP contribution in [0.2, 0.25) is 0 Å². The van der Waals surface area contributed by atoms with Crippen LogP contribution in [0.15, 0.2) is 47.4 Å². The highest BCUT2D eigenvalue weighted by molar-refractivity contribution is 7.89. The van der Waals surface area contributed by atoms with Gasteiger partial charge in [-0.05, 0) is 24.3 Å². The number of rotatable bonds is 7. The molecule has 8 nitrogen and oxygen atoms in total. The monoisotopic (exact) mass is 451 g/mol. The number of hydrogen-bond donors (Lipinski definition) is 0. The van der Waals surface area contributed by atoms with Crippen LogP contribution in [0.1, 0.15) is 0 Å². The maximum atomic E-state index is 14.0. The first-order valence-corrected chi connectivity index (χ1v) is 11.2. The summed E-state index contributed by atoms with van der Waals surface area (Å²) in [7, 11) is 0.947. The molecule has 31 heavy (non-hydrogen) atoms. The number of nitrogens with zero attached hydrogens (tertiary/aromatic N) is 3. The Hall–Kier alpha value is -2.85. The number of methoxy groups -OCH3 is 2. The lowest BCUT2D eigenvalue weighted by Gasteiger charge is -2.35. The summed E-state index contributed by atoms with van der Waals surface area (Å²) in [5, 5.41) is 0. The summed E-state index contributed by atoms with van der Waals surface area (Å²) in [5.41, 5.74) is 0.784. The summed E-state index contributed by atoms with van der Waals surface area (Å²) in [6.45, 7) is 0.832. The Morgan fingerprint density at radius 1 is 1.03 bits per heavy atom. The van der Waals surface area contributed by atoms with Crippen molar-refractivity contribution in [1.29, 1.82) is 0 Å². The molecule has 0 unspecified atom stereocenters. The number of amides is 1. The summed E-state index contributed by atoms with van der Waals surface area (Å²) in [6.07, 6.45) is 0. The van der Waals surface area contributed by atoms with Gasteiger partial charge in [-0.15, -0.1) is 0 Å². The molecule has 0 atom stereocenters. The molecule has 0 N–H and O–H groups in total. The van der Waals surface area contributed by atoms with Crippen LogP contribution in [0.4, 0.5) is 10.1 Å². The van der Waals surface area contributed by atoms with Crippen molar-refractivity contribution in [3.05, 3.63) is 48.3 Å². The lowest BCUT2D eigenvalue weighted by atomic mass is 10.2. The summed E-state index contributed by atoms with van der Waals surface area (Å²) in [5.74, 6) is 0.252. The van der Waals surface area contributed by atoms with Gasteiger partial charge in [0, 0.05) is 45.0 Å². The molecule has 1 amide bonds. The minimum Gasteiger partial charge on any atom is -0.493 e. The topological polar surface area (TPSA) is 79.4 Å². The molecule has 0 saturated carbocycles. The zero-order chi connectivity index (χ0) is 22.6. The van der Waals surface area contributed by atoms with Crippen LogP contribution in [-0.2, 0) is 14.8 Å². The van der Waals surface area contributed by atoms with Gasteiger partial charge in [0.05, 0.1) is 20.8 Å². The molecule has 0 radical (unpaired) electrons. The average Bonchev–Trinajstić information content (AvgIpc) is 2.78. The molecule has 168 valence electrons. The van der Waals surface area contributed by atoms with Crippen LogP contribution in [0.25, 0.3) is 0 Å². The molecule has 0 aromatic heterocycles. The van der Waals surface area contributed by atoms with Crippen molar-refractivity contribution in [2.75, 3.05) is 58.9 Å². The largest absolute Gasteiger partial charge is 0.493 e. The Morgan fingerprint density at radius 2 is 1.68 bits per heavy atom. The third kappa shape index (κ3) is 4.91. The number of anilines is 1. The smallest absolute Gasteiger partial charge is 0.246 e. The van der Waals surface area contributed by atoms with Crippen LogP contribution in [-0.4, -0.2) is 77.5 Å². The van der Waals surface area contributed by atoms with E-state index in [1.54, 1.807) is 43.2 Å². The molecular formula is C21H26FN3O5S. The van der Waals surface area contributed by atoms with Crippen LogP contribution >= 0.6 is 0 Å². The third-order valence-corrected chi connectivity index (χ3v) is 7.16. The molecule has 1 fully saturated rings. The van der Waals surface area contributed by atoms with E-state index in [2.05, 4.69) is 0 Å². The predicted molar refractivity (Wildman–Crippen MR) is 115 cm³/mol. The van der Waals surface area contributed by atoms with Gasteiger partial charge in [0.2, 0.25) is 15.9 Å². The zero-order valence-corrected chi connectivity index (χ0v) is 18.6. The summed E-state index contributed by atoms with van der Waals surface area (Å²) >= 11 is 0. The van der Waals surface area contributed by atoms with Crippen LogP contribution in [0, 0.1) is 5.82 Å². The van der Waals surface area contributed by atoms with Gasteiger partial charge in [-0.3, -0.25) is 4.79 Å². The van der Waals surface area contributed by atoms with Gasteiger partial charge in [-0.1, -0.05) is 12.1 Å². The number of hydrogen-bond acceptors (Lipinski definition) is 6. The molecule has 1 aliphatic rings. The van der Waals surface area contributed by atoms with E-state index in [0.29, 0.717) is 11.5 Å². The van der Waals surface area contributed by atoms with E-state index < -0.39 is 15.8 Å². The van der Waals surface area contributed by atoms with Crippen LogP contribution in [0.5, 0.6) is 11.5 Å². The number of carbonyl (C=O) groups is 1. The number of benzene rings is 2. The van der Waals surface area contributed by atoms with E-state index >= 15 is 0 Å². The number of piperazine rings is 1. The van der Waals surface area contributed by atoms with Crippen molar-refractivity contribution in [2.24, 2.45) is 0 Å². The number of sulfonamides is 1. The fourth-order valence-electron chi connectivity index (χ4n) is 3.43. The molecular weight excluding hydrogens is 425 g/mol. The lowest BCUT2D eigenvalue weighted by Crippen LogP contribution is -2.52. The standard InChI is InChI=1S/C21H26FN3O5S/c1-23(16-8-9-18(29-2)19(14-16)30-3)15-21(26)24-10-12-25(13-11-24)31(27,28)20-7-5-4-6-17(20)22/h4-9,14H,10-13,15H2,1-3H3. The van der Waals surface area contributed by atoms with Gasteiger partial charge < -0.3 is 19.3 Å². The van der Waals surface area contributed by atoms with Crippen molar-refractivity contribution >= 4 is 21.6 Å². The van der Waals surface area contributed by atoms with Crippen LogP contribution < -0.4 is 14.4 Å². The first-order valence-electron chi connectivity index (χ1n) is 9.73. The molecule has 1 saturated heterocycles. The number of halogens is 1. The zero-order valence-electron chi connectivity index (χ0n) is 17.7. The number of ether oxygens (including phenoxy) is 2. The highest BCUT2D eigenvalue weighted by Crippen LogP contribution is 2.31. The molecule has 1 heterocycles. The Morgan fingerprint density at radius 3 is 2.29 bits per heavy atom. The lowest BCUT2D eigenvalue weighted by molar-refractivity contribution is -0.130. The normalized spacial score (nSPS) is 14.9. The maximum Gasteiger partial charge on any atom is 0.246 e. The van der Waals surface area contributed by atoms with E-state index in [1.807, 2.05) is 6.07 Å². The van der Waals surface area contributed by atoms with Gasteiger partial charge in [0.25, 0.3) is 0 Å². The van der Waals surface area contributed by atoms with E-state index in [9.17, 15) is 17.6 Å². The van der Waals surface area contributed by atoms with Crippen molar-refractivity contribution in [2.45, 2.75) is 4.90 Å². The van der Waals surface area contributed by atoms with Gasteiger partial charge in [-0.2, -0.15) is 4.31 Å². The Labute approximate surface area is 181 Å². The second-order valence-electron chi connectivity index (χ2n) is 7.11. The molecule has 2 aromatic carbocycles. The molecule has 3 rings (SSSR count). The molecule has 2 aromatic rings. The molecule has 1 aliphatic heterocycles. The summed E-state index contributed by atoms with van der Waals surface area (Å²) in [4.78, 5) is 15.8. The highest BCUT2D eigenvalue weighted by atomic mass is 32.2. The number of likely N-dealkylation sites (N-methyl/N-ethyl adjacent to an activating group) is 1. The SMILES string of the molecule is COc1ccc(N(C)CC(=O)N2CCN(S(=O)(=O)c3ccccc3F)CC2)cc1OC. The van der Waals surface area contributed by atoms with Gasteiger partial charge in [0.15, 0.2) is 11.5 Å². The first kappa shape index (κ1) is 22.8. The predicted octanol–water partition coefficient (Wildman–Crippen LogP) is 1.81. The Kier molecular flexibility index (Phi) is 7.01. The minimum atomic E-state index is -3.94. The van der Waals surface area contributed by atoms with Crippen molar-refractivity contribution < 1.29 is 27.1 Å². The molecule has 0 bridgehead atoms. The summed E-state index contributed by atoms with van der Waals surface area (Å²) in [6, 6.07) is 10.7. The molecule has 0 aliphatic carbocycles. The highest BCUT2D eigenvalue weighted by Gasteiger charge is 2.32. The van der Waals surface area contributed by atoms with E-state index in [1.165, 1.54) is 22.5 Å². The maximum absolute atomic E-state index is 14.0. The number of carbonyl (C=O) groups excluding carboxylic acids is 1. The minimum absolute atomic E-state index is 0.114. The molecule has 10 heteroatoms.